The molecule has 1 N–H and O–H groups in total. The summed E-state index contributed by atoms with van der Waals surface area (Å²) < 4.78 is 23.1. The maximum atomic E-state index is 11.9. The van der Waals surface area contributed by atoms with Gasteiger partial charge in [0.1, 0.15) is 0 Å². The molecule has 1 rings (SSSR count). The van der Waals surface area contributed by atoms with Crippen LogP contribution in [-0.2, 0) is 9.84 Å². The molecule has 0 aromatic heterocycles. The maximum Gasteiger partial charge on any atom is 0.156 e. The molecule has 0 heterocycles. The Morgan fingerprint density at radius 3 is 2.32 bits per heavy atom. The Balaban J connectivity index is 2.16. The highest BCUT2D eigenvalue weighted by molar-refractivity contribution is 7.99. The van der Waals surface area contributed by atoms with Crippen molar-refractivity contribution in [3.8, 4) is 0 Å². The Morgan fingerprint density at radius 1 is 1.11 bits per heavy atom. The highest BCUT2D eigenvalue weighted by Crippen LogP contribution is 2.16. The van der Waals surface area contributed by atoms with Gasteiger partial charge in [0.15, 0.2) is 9.84 Å². The fourth-order valence-electron chi connectivity index (χ4n) is 1.40. The molecule has 0 amide bonds. The average molecular weight is 301 g/mol. The van der Waals surface area contributed by atoms with Gasteiger partial charge in [0, 0.05) is 23.7 Å². The van der Waals surface area contributed by atoms with Crippen LogP contribution >= 0.6 is 11.8 Å². The Hall–Kier alpha value is -0.520. The van der Waals surface area contributed by atoms with Crippen molar-refractivity contribution in [2.75, 3.05) is 24.6 Å². The first-order chi connectivity index (χ1) is 8.83. The van der Waals surface area contributed by atoms with Gasteiger partial charge in [-0.3, -0.25) is 0 Å². The molecule has 0 aliphatic rings. The van der Waals surface area contributed by atoms with Gasteiger partial charge < -0.3 is 5.32 Å². The summed E-state index contributed by atoms with van der Waals surface area (Å²) in [6.07, 6.45) is 0. The molecular weight excluding hydrogens is 278 g/mol. The van der Waals surface area contributed by atoms with E-state index in [2.05, 4.69) is 17.4 Å². The highest BCUT2D eigenvalue weighted by Gasteiger charge is 2.27. The maximum absolute atomic E-state index is 11.9. The van der Waals surface area contributed by atoms with Gasteiger partial charge in [0.2, 0.25) is 0 Å². The summed E-state index contributed by atoms with van der Waals surface area (Å²) in [5.74, 6) is 1.14. The standard InChI is InChI=1S/C14H23NO2S2/c1-14(2,3)19(16,17)12-10-15-9-11-18-13-7-5-4-6-8-13/h4-8,15H,9-12H2,1-3H3. The van der Waals surface area contributed by atoms with Gasteiger partial charge in [0.25, 0.3) is 0 Å². The van der Waals surface area contributed by atoms with Crippen molar-refractivity contribution in [2.24, 2.45) is 0 Å². The molecule has 0 bridgehead atoms. The fraction of sp³-hybridized carbons (Fsp3) is 0.571. The minimum atomic E-state index is -3.01. The van der Waals surface area contributed by atoms with Crippen LogP contribution in [0.4, 0.5) is 0 Å². The van der Waals surface area contributed by atoms with E-state index in [-0.39, 0.29) is 5.75 Å². The molecule has 0 saturated heterocycles. The van der Waals surface area contributed by atoms with Crippen LogP contribution in [0, 0.1) is 0 Å². The molecule has 1 aromatic rings. The fourth-order valence-corrected chi connectivity index (χ4v) is 3.25. The Labute approximate surface area is 121 Å². The summed E-state index contributed by atoms with van der Waals surface area (Å²) in [7, 11) is -3.01. The van der Waals surface area contributed by atoms with Gasteiger partial charge in [-0.2, -0.15) is 0 Å². The monoisotopic (exact) mass is 301 g/mol. The molecule has 0 aliphatic heterocycles. The molecule has 0 saturated carbocycles. The van der Waals surface area contributed by atoms with Gasteiger partial charge in [-0.05, 0) is 32.9 Å². The first-order valence-corrected chi connectivity index (χ1v) is 9.07. The lowest BCUT2D eigenvalue weighted by atomic mass is 10.3. The van der Waals surface area contributed by atoms with Crippen LogP contribution < -0.4 is 5.32 Å². The third-order valence-electron chi connectivity index (χ3n) is 2.77. The molecule has 0 unspecified atom stereocenters. The van der Waals surface area contributed by atoms with E-state index in [9.17, 15) is 8.42 Å². The first kappa shape index (κ1) is 16.5. The second-order valence-electron chi connectivity index (χ2n) is 5.34. The van der Waals surface area contributed by atoms with Gasteiger partial charge in [0.05, 0.1) is 10.5 Å². The van der Waals surface area contributed by atoms with Crippen LogP contribution in [0.15, 0.2) is 35.2 Å². The summed E-state index contributed by atoms with van der Waals surface area (Å²) in [5.41, 5.74) is 0. The smallest absolute Gasteiger partial charge is 0.156 e. The first-order valence-electron chi connectivity index (χ1n) is 6.44. The van der Waals surface area contributed by atoms with Crippen LogP contribution in [0.5, 0.6) is 0 Å². The van der Waals surface area contributed by atoms with E-state index in [4.69, 9.17) is 0 Å². The number of hydrogen-bond donors (Lipinski definition) is 1. The van der Waals surface area contributed by atoms with E-state index in [0.717, 1.165) is 12.3 Å². The number of nitrogens with one attached hydrogen (secondary N) is 1. The minimum Gasteiger partial charge on any atom is -0.315 e. The highest BCUT2D eigenvalue weighted by atomic mass is 32.2. The Bertz CT molecular complexity index is 464. The van der Waals surface area contributed by atoms with Gasteiger partial charge in [-0.1, -0.05) is 18.2 Å². The van der Waals surface area contributed by atoms with Crippen molar-refractivity contribution in [1.29, 1.82) is 0 Å². The molecule has 108 valence electrons. The van der Waals surface area contributed by atoms with Crippen molar-refractivity contribution < 1.29 is 8.42 Å². The quantitative estimate of drug-likeness (QED) is 0.621. The van der Waals surface area contributed by atoms with Crippen molar-refractivity contribution in [3.05, 3.63) is 30.3 Å². The molecule has 0 atom stereocenters. The summed E-state index contributed by atoms with van der Waals surface area (Å²) in [4.78, 5) is 1.24. The third kappa shape index (κ3) is 5.97. The third-order valence-corrected chi connectivity index (χ3v) is 6.39. The van der Waals surface area contributed by atoms with Crippen LogP contribution in [0.2, 0.25) is 0 Å². The molecule has 0 fully saturated rings. The number of sulfone groups is 1. The van der Waals surface area contributed by atoms with E-state index in [1.165, 1.54) is 4.90 Å². The van der Waals surface area contributed by atoms with Crippen LogP contribution in [0.3, 0.4) is 0 Å². The summed E-state index contributed by atoms with van der Waals surface area (Å²) in [6, 6.07) is 10.2. The number of rotatable bonds is 7. The zero-order chi connectivity index (χ0) is 14.4. The molecule has 3 nitrogen and oxygen atoms in total. The topological polar surface area (TPSA) is 46.2 Å². The van der Waals surface area contributed by atoms with E-state index in [0.29, 0.717) is 6.54 Å². The average Bonchev–Trinajstić information content (AvgIpc) is 2.33. The zero-order valence-corrected chi connectivity index (χ0v) is 13.5. The van der Waals surface area contributed by atoms with E-state index in [1.54, 1.807) is 32.5 Å². The zero-order valence-electron chi connectivity index (χ0n) is 11.8. The van der Waals surface area contributed by atoms with Crippen molar-refractivity contribution in [2.45, 2.75) is 30.4 Å². The largest absolute Gasteiger partial charge is 0.315 e. The molecule has 0 spiro atoms. The van der Waals surface area contributed by atoms with Crippen LogP contribution in [0.1, 0.15) is 20.8 Å². The van der Waals surface area contributed by atoms with Crippen molar-refractivity contribution in [3.63, 3.8) is 0 Å². The van der Waals surface area contributed by atoms with Crippen LogP contribution in [-0.4, -0.2) is 37.8 Å². The van der Waals surface area contributed by atoms with Crippen molar-refractivity contribution >= 4 is 21.6 Å². The predicted molar refractivity (Wildman–Crippen MR) is 83.6 cm³/mol. The lowest BCUT2D eigenvalue weighted by molar-refractivity contribution is 0.557. The summed E-state index contributed by atoms with van der Waals surface area (Å²) in [5, 5.41) is 3.18. The lowest BCUT2D eigenvalue weighted by Crippen LogP contribution is -2.35. The SMILES string of the molecule is CC(C)(C)S(=O)(=O)CCNCCSc1ccccc1. The summed E-state index contributed by atoms with van der Waals surface area (Å²) in [6.45, 7) is 6.57. The van der Waals surface area contributed by atoms with Crippen LogP contribution in [0.25, 0.3) is 0 Å². The Morgan fingerprint density at radius 2 is 1.74 bits per heavy atom. The molecule has 1 aromatic carbocycles. The second kappa shape index (κ2) is 7.31. The normalized spacial score (nSPS) is 12.6. The molecule has 0 radical (unpaired) electrons. The van der Waals surface area contributed by atoms with Gasteiger partial charge >= 0.3 is 0 Å². The molecule has 0 aliphatic carbocycles. The van der Waals surface area contributed by atoms with E-state index >= 15 is 0 Å². The number of thioether (sulfide) groups is 1. The molecular formula is C14H23NO2S2. The molecule has 5 heteroatoms. The second-order valence-corrected chi connectivity index (χ2v) is 9.37. The number of hydrogen-bond acceptors (Lipinski definition) is 4. The number of benzene rings is 1. The Kier molecular flexibility index (Phi) is 6.36. The predicted octanol–water partition coefficient (Wildman–Crippen LogP) is 2.58. The van der Waals surface area contributed by atoms with Gasteiger partial charge in [-0.15, -0.1) is 11.8 Å². The molecule has 19 heavy (non-hydrogen) atoms. The van der Waals surface area contributed by atoms with Crippen molar-refractivity contribution in [1.82, 2.24) is 5.32 Å². The minimum absolute atomic E-state index is 0.201. The van der Waals surface area contributed by atoms with E-state index < -0.39 is 14.6 Å². The van der Waals surface area contributed by atoms with E-state index in [1.807, 2.05) is 18.2 Å². The lowest BCUT2D eigenvalue weighted by Gasteiger charge is -2.19. The van der Waals surface area contributed by atoms with Gasteiger partial charge in [-0.25, -0.2) is 8.42 Å². The summed E-state index contributed by atoms with van der Waals surface area (Å²) >= 11 is 1.77.